The van der Waals surface area contributed by atoms with E-state index in [1.54, 1.807) is 18.5 Å². The summed E-state index contributed by atoms with van der Waals surface area (Å²) in [6.07, 6.45) is 3.39. The van der Waals surface area contributed by atoms with E-state index >= 15 is 0 Å². The molecule has 1 aliphatic carbocycles. The van der Waals surface area contributed by atoms with Crippen LogP contribution in [0.4, 0.5) is 0 Å². The number of nitrogens with two attached hydrogens (primary N) is 1. The van der Waals surface area contributed by atoms with Gasteiger partial charge in [0, 0.05) is 66.9 Å². The molecule has 1 aliphatic heterocycles. The van der Waals surface area contributed by atoms with Gasteiger partial charge in [0.15, 0.2) is 10.8 Å². The Morgan fingerprint density at radius 1 is 1.05 bits per heavy atom. The summed E-state index contributed by atoms with van der Waals surface area (Å²) in [7, 11) is 2.05. The topological polar surface area (TPSA) is 112 Å². The van der Waals surface area contributed by atoms with Crippen molar-refractivity contribution in [1.82, 2.24) is 29.4 Å². The van der Waals surface area contributed by atoms with Crippen LogP contribution in [0.2, 0.25) is 0 Å². The van der Waals surface area contributed by atoms with Gasteiger partial charge in [0.2, 0.25) is 5.88 Å². The Labute approximate surface area is 242 Å². The molecule has 0 radical (unpaired) electrons. The Morgan fingerprint density at radius 3 is 2.49 bits per heavy atom. The van der Waals surface area contributed by atoms with Crippen LogP contribution in [0.3, 0.4) is 0 Å². The Bertz CT molecular complexity index is 1780. The van der Waals surface area contributed by atoms with Gasteiger partial charge in [0.1, 0.15) is 11.0 Å². The summed E-state index contributed by atoms with van der Waals surface area (Å²) in [5, 5.41) is 1.82. The summed E-state index contributed by atoms with van der Waals surface area (Å²) < 4.78 is 8.64. The van der Waals surface area contributed by atoms with Gasteiger partial charge in [0.25, 0.3) is 5.91 Å². The maximum absolute atomic E-state index is 13.4. The van der Waals surface area contributed by atoms with E-state index in [1.807, 2.05) is 43.9 Å². The molecule has 0 bridgehead atoms. The first-order chi connectivity index (χ1) is 19.7. The molecule has 7 rings (SSSR count). The molecular formula is C31H31N7O2S. The minimum atomic E-state index is -0.556. The molecule has 1 amide bonds. The lowest BCUT2D eigenvalue weighted by molar-refractivity contribution is 0.0755. The molecule has 4 aromatic heterocycles. The van der Waals surface area contributed by atoms with Crippen molar-refractivity contribution in [2.24, 2.45) is 24.6 Å². The number of benzene rings is 1. The average molecular weight is 566 g/mol. The molecule has 2 aliphatic rings. The number of hydrogen-bond donors (Lipinski definition) is 1. The Balaban J connectivity index is 1.09. The molecule has 10 heteroatoms. The molecule has 1 aromatic carbocycles. The molecule has 1 unspecified atom stereocenters. The lowest BCUT2D eigenvalue weighted by Crippen LogP contribution is -2.33. The van der Waals surface area contributed by atoms with Crippen molar-refractivity contribution >= 4 is 28.1 Å². The number of thiazole rings is 1. The van der Waals surface area contributed by atoms with E-state index in [9.17, 15) is 4.79 Å². The van der Waals surface area contributed by atoms with Crippen molar-refractivity contribution in [2.45, 2.75) is 32.4 Å². The Morgan fingerprint density at radius 2 is 1.78 bits per heavy atom. The smallest absolute Gasteiger partial charge is 0.265 e. The number of aromatic nitrogens is 5. The minimum absolute atomic E-state index is 0.0104. The van der Waals surface area contributed by atoms with Crippen molar-refractivity contribution in [3.05, 3.63) is 77.1 Å². The van der Waals surface area contributed by atoms with Crippen molar-refractivity contribution in [3.63, 3.8) is 0 Å². The standard InChI is InChI=1S/C31H31N7O2S/c1-17-27(41-29(35-17)28-33-10-7-11-34-28)30(39)38-15-20-21(16-38)26(20)40-25-14-19(31(2,3)32)13-22(36-25)24-12-18-8-5-6-9-23(18)37(24)4/h5-14,20-21,26H,15-16,32H2,1-4H3/t20-,21+,26?. The van der Waals surface area contributed by atoms with E-state index in [0.29, 0.717) is 40.4 Å². The highest BCUT2D eigenvalue weighted by atomic mass is 32.1. The molecule has 41 heavy (non-hydrogen) atoms. The maximum atomic E-state index is 13.4. The van der Waals surface area contributed by atoms with E-state index in [2.05, 4.69) is 50.8 Å². The first-order valence-corrected chi connectivity index (χ1v) is 14.6. The van der Waals surface area contributed by atoms with Crippen LogP contribution in [0, 0.1) is 18.8 Å². The van der Waals surface area contributed by atoms with E-state index in [-0.39, 0.29) is 23.8 Å². The molecule has 9 nitrogen and oxygen atoms in total. The van der Waals surface area contributed by atoms with Gasteiger partial charge >= 0.3 is 0 Å². The molecule has 208 valence electrons. The van der Waals surface area contributed by atoms with Crippen molar-refractivity contribution in [1.29, 1.82) is 0 Å². The summed E-state index contributed by atoms with van der Waals surface area (Å²) in [6.45, 7) is 7.15. The highest BCUT2D eigenvalue weighted by molar-refractivity contribution is 7.17. The summed E-state index contributed by atoms with van der Waals surface area (Å²) in [5.41, 5.74) is 10.6. The predicted molar refractivity (Wildman–Crippen MR) is 159 cm³/mol. The van der Waals surface area contributed by atoms with Crippen molar-refractivity contribution in [2.75, 3.05) is 13.1 Å². The number of nitrogens with zero attached hydrogens (tertiary/aromatic N) is 6. The Hall–Kier alpha value is -4.15. The monoisotopic (exact) mass is 565 g/mol. The Kier molecular flexibility index (Phi) is 5.95. The zero-order chi connectivity index (χ0) is 28.5. The zero-order valence-electron chi connectivity index (χ0n) is 23.4. The number of likely N-dealkylation sites (tertiary alicyclic amines) is 1. The molecule has 1 saturated carbocycles. The van der Waals surface area contributed by atoms with Gasteiger partial charge in [-0.05, 0) is 50.6 Å². The van der Waals surface area contributed by atoms with E-state index < -0.39 is 5.54 Å². The van der Waals surface area contributed by atoms with Gasteiger partial charge in [-0.25, -0.2) is 19.9 Å². The third-order valence-corrected chi connectivity index (χ3v) is 9.31. The molecule has 5 heterocycles. The van der Waals surface area contributed by atoms with Gasteiger partial charge < -0.3 is 19.9 Å². The number of amides is 1. The van der Waals surface area contributed by atoms with E-state index in [4.69, 9.17) is 15.5 Å². The maximum Gasteiger partial charge on any atom is 0.265 e. The number of carbonyl (C=O) groups is 1. The number of fused-ring (bicyclic) bond motifs is 2. The molecule has 3 atom stereocenters. The summed E-state index contributed by atoms with van der Waals surface area (Å²) in [4.78, 5) is 34.0. The number of hydrogen-bond acceptors (Lipinski definition) is 8. The van der Waals surface area contributed by atoms with Crippen LogP contribution in [-0.4, -0.2) is 54.5 Å². The largest absolute Gasteiger partial charge is 0.474 e. The number of piperidine rings is 1. The fraction of sp³-hybridized carbons (Fsp3) is 0.323. The second-order valence-electron chi connectivity index (χ2n) is 11.6. The molecule has 1 saturated heterocycles. The fourth-order valence-corrected chi connectivity index (χ4v) is 6.78. The zero-order valence-corrected chi connectivity index (χ0v) is 24.2. The van der Waals surface area contributed by atoms with Gasteiger partial charge in [-0.2, -0.15) is 0 Å². The van der Waals surface area contributed by atoms with Crippen LogP contribution in [0.5, 0.6) is 5.88 Å². The second-order valence-corrected chi connectivity index (χ2v) is 12.6. The predicted octanol–water partition coefficient (Wildman–Crippen LogP) is 4.81. The summed E-state index contributed by atoms with van der Waals surface area (Å²) >= 11 is 1.35. The number of ether oxygens (including phenoxy) is 1. The molecule has 2 N–H and O–H groups in total. The van der Waals surface area contributed by atoms with Crippen LogP contribution < -0.4 is 10.5 Å². The van der Waals surface area contributed by atoms with E-state index in [1.165, 1.54) is 11.3 Å². The molecular weight excluding hydrogens is 534 g/mol. The van der Waals surface area contributed by atoms with Gasteiger partial charge in [-0.1, -0.05) is 18.2 Å². The normalized spacial score (nSPS) is 19.9. The van der Waals surface area contributed by atoms with Gasteiger partial charge in [0.05, 0.1) is 17.1 Å². The van der Waals surface area contributed by atoms with Crippen LogP contribution in [0.25, 0.3) is 33.1 Å². The number of carbonyl (C=O) groups excluding carboxylic acids is 1. The number of rotatable bonds is 6. The highest BCUT2D eigenvalue weighted by Gasteiger charge is 2.59. The minimum Gasteiger partial charge on any atom is -0.474 e. The SMILES string of the molecule is Cc1nc(-c2ncccn2)sc1C(=O)N1C[C@@H]2C(Oc3cc(C(C)(C)N)cc(-c4cc5ccccc5n4C)n3)[C@@H]2C1. The lowest BCUT2D eigenvalue weighted by atomic mass is 9.95. The van der Waals surface area contributed by atoms with Gasteiger partial charge in [-0.15, -0.1) is 11.3 Å². The average Bonchev–Trinajstić information content (AvgIpc) is 3.33. The number of aryl methyl sites for hydroxylation is 2. The van der Waals surface area contributed by atoms with Gasteiger partial charge in [-0.3, -0.25) is 4.79 Å². The fourth-order valence-electron chi connectivity index (χ4n) is 5.80. The quantitative estimate of drug-likeness (QED) is 0.315. The van der Waals surface area contributed by atoms with E-state index in [0.717, 1.165) is 27.9 Å². The first-order valence-electron chi connectivity index (χ1n) is 13.7. The van der Waals surface area contributed by atoms with Crippen LogP contribution >= 0.6 is 11.3 Å². The first kappa shape index (κ1) is 25.8. The molecule has 0 spiro atoms. The third-order valence-electron chi connectivity index (χ3n) is 8.17. The van der Waals surface area contributed by atoms with Crippen molar-refractivity contribution in [3.8, 4) is 28.1 Å². The molecule has 5 aromatic rings. The highest BCUT2D eigenvalue weighted by Crippen LogP contribution is 2.48. The third kappa shape index (κ3) is 4.57. The van der Waals surface area contributed by atoms with Crippen molar-refractivity contribution < 1.29 is 9.53 Å². The number of para-hydroxylation sites is 1. The summed E-state index contributed by atoms with van der Waals surface area (Å²) in [5.74, 6) is 1.68. The van der Waals surface area contributed by atoms with Crippen LogP contribution in [-0.2, 0) is 12.6 Å². The second kappa shape index (κ2) is 9.46. The summed E-state index contributed by atoms with van der Waals surface area (Å²) in [6, 6.07) is 16.2. The van der Waals surface area contributed by atoms with Crippen LogP contribution in [0.15, 0.2) is 60.9 Å². The number of pyridine rings is 1. The van der Waals surface area contributed by atoms with Crippen LogP contribution in [0.1, 0.15) is 34.8 Å². The lowest BCUT2D eigenvalue weighted by Gasteiger charge is -2.22. The molecule has 2 fully saturated rings.